The summed E-state index contributed by atoms with van der Waals surface area (Å²) in [5.41, 5.74) is -1.74. The number of nitrogens with zero attached hydrogens (tertiary/aromatic N) is 16. The lowest BCUT2D eigenvalue weighted by atomic mass is 10.1. The van der Waals surface area contributed by atoms with Gasteiger partial charge in [0.25, 0.3) is 22.9 Å². The van der Waals surface area contributed by atoms with Crippen LogP contribution in [0.15, 0.2) is 108 Å². The number of hydrogen-bond donors (Lipinski definition) is 9. The molecule has 0 spiro atoms. The van der Waals surface area contributed by atoms with Gasteiger partial charge in [0.2, 0.25) is 36.8 Å². The number of halogens is 4. The van der Waals surface area contributed by atoms with Crippen LogP contribution in [0.1, 0.15) is 73.3 Å². The number of aromatic amines is 2. The molecule has 56 heteroatoms. The SMILES string of the molecule is [2H]P(C)P.[C-]#[N+]CCOP(=O)(OC[C@H]1O[C@@H](n2cnc3c(=O)[nH]c(NC(=O)C(C)C)nc32)[C@H](OC(=O)O)[C@@H]1F)O[C@H]1[C@H](F)[C@H](n2cnc3c(NC(=O)c4ccccc4)ncnc32)O[C@@H]1CO.[C-]#[N+]CCOP1(=O)OC[C@H]2O[C@@H](n3cnc4c(=O)[nH]c(NC(=O)C(C)C)nc43)[C@H](OP(O)OC[C@H]3O[C@@H](n4cnc5c(NC(=O)c6ccccc6)ncnc54)[C@@H](F)[C@@H]3O1)[C@@H]2F. The number of amides is 4. The number of anilines is 4. The zero-order chi connectivity index (χ0) is 90.9. The van der Waals surface area contributed by atoms with E-state index < -0.39 is 223 Å². The van der Waals surface area contributed by atoms with Gasteiger partial charge in [-0.3, -0.25) is 94.8 Å². The summed E-state index contributed by atoms with van der Waals surface area (Å²) in [6, 6.07) is 16.5. The number of benzene rings is 2. The number of H-pyrrole nitrogens is 2. The quantitative estimate of drug-likeness (QED) is 0.00896. The molecule has 0 radical (unpaired) electrons. The molecule has 21 atom stereocenters. The second-order valence-electron chi connectivity index (χ2n) is 28.0. The van der Waals surface area contributed by atoms with Crippen LogP contribution in [0.3, 0.4) is 0 Å². The van der Waals surface area contributed by atoms with Crippen molar-refractivity contribution in [2.45, 2.75) is 126 Å². The van der Waals surface area contributed by atoms with Gasteiger partial charge in [0, 0.05) is 23.0 Å². The van der Waals surface area contributed by atoms with E-state index in [1.165, 1.54) is 10.9 Å². The second-order valence-corrected chi connectivity index (χ2v) is 34.2. The molecule has 13 heterocycles. The van der Waals surface area contributed by atoms with E-state index in [1.807, 2.05) is 6.66 Å². The highest BCUT2D eigenvalue weighted by atomic mass is 32.0. The number of ether oxygens (including phenoxy) is 5. The summed E-state index contributed by atoms with van der Waals surface area (Å²) in [4.78, 5) is 151. The van der Waals surface area contributed by atoms with Crippen molar-refractivity contribution in [3.63, 3.8) is 0 Å². The smallest absolute Gasteiger partial charge is 0.450 e. The summed E-state index contributed by atoms with van der Waals surface area (Å²) in [6.45, 7) is 17.2. The third-order valence-corrected chi connectivity index (χ3v) is 22.7. The van der Waals surface area contributed by atoms with Crippen LogP contribution in [0.2, 0.25) is 0 Å². The highest BCUT2D eigenvalue weighted by molar-refractivity contribution is 8.02. The van der Waals surface area contributed by atoms with Gasteiger partial charge in [0.05, 0.1) is 53.0 Å². The molecule has 15 rings (SSSR count). The standard InChI is InChI=1S/C35H36F2N11O13P.C34H35F2N11O12P2.CH6P2/c1-16(2)29(50)45-34-44-28-23(31(52)46-34)42-15-48(28)33-25(60-35(53)54)20(36)19(59-33)12-57-62(55,56-10-9-38-3)61-24-18(11-49)58-32(21(24)37)47-14-41-22-26(39-13-40-27(22)47)43-30(51)17-7-5-4-6-8-17;1-16(2)29(48)44-34-43-28-23(31(50)45-34)41-15-47(28)33-25-20(35)18(56-33)12-55-61(52,54-10-9-37-3)59-24-19(11-53-60(51)58-25)57-32(21(24)36)46-14-40-22-26(38-13-39-27(22)46)42-30(49)17-7-5-4-6-8-17;1-3-2/h4-8,13-16,18-21,24-25,32-33,49H,9-12H2,1-2H3,(H,53,54)(H,39,40,43,51)(H2,44,45,46,50,52);4-8,13-16,18-21,24-25,32-33,51H,9-12H2,1-2H3,(H,38,39,42,49)(H2,43,44,45,48,50);3H,2H2,1H3/t18-,19-,20-,21+,24-,25-,32-,33-,62?;18-,19-,20-,21+,24-,25-,32-,33-,60?,61?;/m11./s1/i;;3D. The van der Waals surface area contributed by atoms with Crippen molar-refractivity contribution in [3.8, 4) is 0 Å². The molecule has 0 saturated carbocycles. The predicted octanol–water partition coefficient (Wildman–Crippen LogP) is 7.22. The molecule has 2 bridgehead atoms. The molecule has 5 saturated heterocycles. The van der Waals surface area contributed by atoms with Gasteiger partial charge < -0.3 is 68.2 Å². The highest BCUT2D eigenvalue weighted by Gasteiger charge is 2.57. The summed E-state index contributed by atoms with van der Waals surface area (Å²) in [5.74, 6) is -3.53. The van der Waals surface area contributed by atoms with Crippen LogP contribution in [0.5, 0.6) is 0 Å². The Bertz CT molecular complexity index is 5960. The zero-order valence-corrected chi connectivity index (χ0v) is 70.9. The van der Waals surface area contributed by atoms with Crippen LogP contribution in [-0.4, -0.2) is 257 Å². The number of alkyl halides is 4. The van der Waals surface area contributed by atoms with Crippen molar-refractivity contribution < 1.29 is 126 Å². The minimum atomic E-state index is -5.06. The number of phosphoric ester groups is 2. The lowest BCUT2D eigenvalue weighted by molar-refractivity contribution is -0.119. The fourth-order valence-electron chi connectivity index (χ4n) is 13.0. The summed E-state index contributed by atoms with van der Waals surface area (Å²) < 4.78 is 178. The van der Waals surface area contributed by atoms with E-state index in [4.69, 9.17) is 74.3 Å². The number of carboxylic acid groups (broad SMARTS) is 1. The molecule has 670 valence electrons. The Labute approximate surface area is 713 Å². The number of aliphatic hydroxyl groups is 1. The molecule has 9 N–H and O–H groups in total. The molecule has 2 aromatic carbocycles. The Morgan fingerprint density at radius 2 is 1.14 bits per heavy atom. The third kappa shape index (κ3) is 20.8. The lowest BCUT2D eigenvalue weighted by Gasteiger charge is -2.26. The molecule has 5 aliphatic rings. The largest absolute Gasteiger partial charge is 0.506 e. The Kier molecular flexibility index (Phi) is 29.7. The maximum atomic E-state index is 16.7. The Morgan fingerprint density at radius 3 is 1.66 bits per heavy atom. The molecule has 126 heavy (non-hydrogen) atoms. The van der Waals surface area contributed by atoms with Gasteiger partial charge in [-0.25, -0.2) is 84.5 Å². The Balaban J connectivity index is 0.000000209. The minimum Gasteiger partial charge on any atom is -0.450 e. The van der Waals surface area contributed by atoms with E-state index in [1.54, 1.807) is 88.4 Å². The average molecular weight is 1860 g/mol. The molecule has 5 aliphatic heterocycles. The monoisotopic (exact) mass is 1860 g/mol. The molecule has 0 aliphatic carbocycles. The molecular formula is C70H77F4N22O25P5. The van der Waals surface area contributed by atoms with Crippen LogP contribution in [0.25, 0.3) is 54.3 Å². The van der Waals surface area contributed by atoms with Gasteiger partial charge in [-0.2, -0.15) is 9.97 Å². The molecule has 5 fully saturated rings. The van der Waals surface area contributed by atoms with E-state index in [9.17, 15) is 57.8 Å². The fraction of sp³-hybridized carbons (Fsp3) is 0.443. The van der Waals surface area contributed by atoms with Crippen LogP contribution in [0.4, 0.5) is 45.9 Å². The summed E-state index contributed by atoms with van der Waals surface area (Å²) in [7, 11) is -11.1. The number of phosphoric acid groups is 2. The van der Waals surface area contributed by atoms with Crippen molar-refractivity contribution >= 4 is 139 Å². The first kappa shape index (κ1) is 91.5. The van der Waals surface area contributed by atoms with Gasteiger partial charge in [-0.1, -0.05) is 64.1 Å². The summed E-state index contributed by atoms with van der Waals surface area (Å²) in [6.07, 6.45) is -24.7. The number of carbonyl (C=O) groups excluding carboxylic acids is 4. The number of aliphatic hydroxyl groups excluding tert-OH is 1. The molecule has 4 amide bonds. The topological polar surface area (TPSA) is 571 Å². The van der Waals surface area contributed by atoms with E-state index in [0.717, 1.165) is 45.3 Å². The Morgan fingerprint density at radius 1 is 0.651 bits per heavy atom. The normalized spacial score (nSPS) is 26.8. The minimum absolute atomic E-state index is 0.00765. The van der Waals surface area contributed by atoms with Crippen LogP contribution in [-0.2, 0) is 78.6 Å². The number of aromatic nitrogens is 16. The second kappa shape index (κ2) is 40.9. The van der Waals surface area contributed by atoms with Gasteiger partial charge in [0.1, 0.15) is 68.6 Å². The number of rotatable bonds is 25. The maximum absolute atomic E-state index is 16.7. The van der Waals surface area contributed by atoms with Crippen molar-refractivity contribution in [2.75, 3.05) is 80.7 Å². The van der Waals surface area contributed by atoms with Crippen molar-refractivity contribution in [2.24, 2.45) is 11.8 Å². The third-order valence-electron chi connectivity index (χ3n) is 19.0. The molecule has 47 nitrogen and oxygen atoms in total. The lowest BCUT2D eigenvalue weighted by Crippen LogP contribution is -2.35. The number of nitrogens with one attached hydrogen (secondary N) is 6. The van der Waals surface area contributed by atoms with Crippen molar-refractivity contribution in [1.82, 2.24) is 78.1 Å². The van der Waals surface area contributed by atoms with Gasteiger partial charge in [-0.05, 0) is 30.9 Å². The first-order chi connectivity index (χ1) is 60.8. The summed E-state index contributed by atoms with van der Waals surface area (Å²) in [5, 5.41) is 29.8. The number of carbonyl (C=O) groups is 5. The van der Waals surface area contributed by atoms with E-state index in [-0.39, 0.29) is 81.3 Å². The first-order valence-corrected chi connectivity index (χ1v) is 44.7. The summed E-state index contributed by atoms with van der Waals surface area (Å²) >= 11 is 0. The average Bonchev–Trinajstić information content (AvgIpc) is 1.62. The highest BCUT2D eigenvalue weighted by Crippen LogP contribution is 2.57. The van der Waals surface area contributed by atoms with Crippen LogP contribution >= 0.6 is 41.4 Å². The molecular weight excluding hydrogens is 1780 g/mol. The van der Waals surface area contributed by atoms with Gasteiger partial charge in [0.15, 0.2) is 112 Å². The van der Waals surface area contributed by atoms with Crippen molar-refractivity contribution in [3.05, 3.63) is 153 Å². The Hall–Kier alpha value is -10.7. The van der Waals surface area contributed by atoms with Gasteiger partial charge >= 0.3 is 30.4 Å². The number of hydrogen-bond acceptors (Lipinski definition) is 34. The molecule has 10 aromatic rings. The predicted molar refractivity (Wildman–Crippen MR) is 433 cm³/mol. The number of fused-ring (bicyclic) bond motifs is 7. The van der Waals surface area contributed by atoms with Crippen LogP contribution in [0, 0.1) is 25.0 Å². The van der Waals surface area contributed by atoms with E-state index in [2.05, 4.69) is 99.7 Å². The number of imidazole rings is 4. The maximum Gasteiger partial charge on any atom is 0.506 e. The fourth-order valence-corrected chi connectivity index (χ4v) is 16.5. The van der Waals surface area contributed by atoms with Crippen molar-refractivity contribution in [1.29, 1.82) is 1.28 Å². The molecule has 8 aromatic heterocycles. The van der Waals surface area contributed by atoms with E-state index in [0.29, 0.717) is 11.1 Å². The zero-order valence-electron chi connectivity index (χ0n) is 67.1. The molecule has 5 unspecified atom stereocenters. The van der Waals surface area contributed by atoms with Crippen LogP contribution < -0.4 is 32.4 Å². The van der Waals surface area contributed by atoms with E-state index >= 15 is 17.6 Å². The van der Waals surface area contributed by atoms with Gasteiger partial charge in [-0.15, -0.1) is 17.1 Å². The first-order valence-electron chi connectivity index (χ1n) is 38.1.